The summed E-state index contributed by atoms with van der Waals surface area (Å²) in [5, 5.41) is 1.48. The molecule has 0 fully saturated rings. The van der Waals surface area contributed by atoms with E-state index < -0.39 is 0 Å². The molecule has 2 aromatic heterocycles. The summed E-state index contributed by atoms with van der Waals surface area (Å²) in [4.78, 5) is 18.7. The first-order chi connectivity index (χ1) is 18.6. The highest BCUT2D eigenvalue weighted by Crippen LogP contribution is 2.29. The molecule has 0 bridgehead atoms. The summed E-state index contributed by atoms with van der Waals surface area (Å²) in [6, 6.07) is 7.75. The van der Waals surface area contributed by atoms with Crippen molar-refractivity contribution in [2.24, 2.45) is 54.4 Å². The molecular formula is C25H30F2N12. The monoisotopic (exact) mass is 536 g/mol. The highest BCUT2D eigenvalue weighted by molar-refractivity contribution is 5.93. The van der Waals surface area contributed by atoms with Crippen molar-refractivity contribution in [3.8, 4) is 0 Å². The molecule has 2 aromatic carbocycles. The van der Waals surface area contributed by atoms with Gasteiger partial charge in [-0.15, -0.1) is 0 Å². The fraction of sp³-hybridized carbons (Fsp3) is 0.200. The van der Waals surface area contributed by atoms with Crippen LogP contribution in [-0.2, 0) is 19.4 Å². The van der Waals surface area contributed by atoms with E-state index in [-0.39, 0.29) is 35.5 Å². The molecule has 0 saturated carbocycles. The number of fused-ring (bicyclic) bond motifs is 2. The minimum Gasteiger partial charge on any atom is -0.370 e. The minimum atomic E-state index is -0.375. The number of aromatic amines is 1. The lowest BCUT2D eigenvalue weighted by Crippen LogP contribution is -2.26. The maximum Gasteiger partial charge on any atom is 0.218 e. The van der Waals surface area contributed by atoms with Crippen molar-refractivity contribution < 1.29 is 8.78 Å². The van der Waals surface area contributed by atoms with Gasteiger partial charge in [0.2, 0.25) is 11.9 Å². The smallest absolute Gasteiger partial charge is 0.218 e. The average Bonchev–Trinajstić information content (AvgIpc) is 3.42. The highest BCUT2D eigenvalue weighted by Gasteiger charge is 2.15. The third kappa shape index (κ3) is 6.41. The molecule has 0 amide bonds. The zero-order valence-corrected chi connectivity index (χ0v) is 21.0. The molecule has 4 rings (SSSR count). The Morgan fingerprint density at radius 1 is 0.795 bits per heavy atom. The standard InChI is InChI=1S/C25H30F2N12/c26-16-2-4-19-17(9-16)14(6-8-35-25(33)38-23(30)31)11-39(19)12-15-1-3-18(27)21-20(15)13(10-36-21)5-7-34-24(32)37-22(28)29/h1-4,9-11,36H,5-8,12H2,(H6,28,29,32,34,37)(H6,30,31,33,35,38). The number of rotatable bonds is 8. The molecule has 204 valence electrons. The Kier molecular flexibility index (Phi) is 7.93. The first-order valence-corrected chi connectivity index (χ1v) is 12.0. The van der Waals surface area contributed by atoms with Gasteiger partial charge >= 0.3 is 0 Å². The van der Waals surface area contributed by atoms with Gasteiger partial charge < -0.3 is 44.0 Å². The lowest BCUT2D eigenvalue weighted by atomic mass is 10.0. The number of nitrogens with one attached hydrogen (secondary N) is 1. The first-order valence-electron chi connectivity index (χ1n) is 12.0. The fourth-order valence-corrected chi connectivity index (χ4v) is 4.46. The van der Waals surface area contributed by atoms with Gasteiger partial charge in [0.15, 0.2) is 11.9 Å². The van der Waals surface area contributed by atoms with E-state index in [1.54, 1.807) is 18.3 Å². The van der Waals surface area contributed by atoms with Crippen LogP contribution < -0.4 is 34.4 Å². The van der Waals surface area contributed by atoms with Crippen LogP contribution in [0.2, 0.25) is 0 Å². The Morgan fingerprint density at radius 2 is 1.44 bits per heavy atom. The van der Waals surface area contributed by atoms with Crippen LogP contribution >= 0.6 is 0 Å². The van der Waals surface area contributed by atoms with Gasteiger partial charge in [0.05, 0.1) is 5.52 Å². The maximum atomic E-state index is 14.7. The molecule has 14 heteroatoms. The fourth-order valence-electron chi connectivity index (χ4n) is 4.46. The summed E-state index contributed by atoms with van der Waals surface area (Å²) in [7, 11) is 0. The van der Waals surface area contributed by atoms with Crippen molar-refractivity contribution in [3.63, 3.8) is 0 Å². The van der Waals surface area contributed by atoms with Crippen molar-refractivity contribution in [1.82, 2.24) is 9.55 Å². The van der Waals surface area contributed by atoms with Crippen LogP contribution in [0.4, 0.5) is 8.78 Å². The molecule has 12 nitrogen and oxygen atoms in total. The Bertz CT molecular complexity index is 1620. The summed E-state index contributed by atoms with van der Waals surface area (Å²) in [6.45, 7) is 0.998. The van der Waals surface area contributed by atoms with Crippen molar-refractivity contribution in [2.75, 3.05) is 13.1 Å². The molecule has 39 heavy (non-hydrogen) atoms. The van der Waals surface area contributed by atoms with Gasteiger partial charge in [-0.1, -0.05) is 6.07 Å². The molecule has 13 N–H and O–H groups in total. The van der Waals surface area contributed by atoms with Gasteiger partial charge in [-0.3, -0.25) is 9.98 Å². The summed E-state index contributed by atoms with van der Waals surface area (Å²) >= 11 is 0. The highest BCUT2D eigenvalue weighted by atomic mass is 19.1. The lowest BCUT2D eigenvalue weighted by Gasteiger charge is -2.10. The Morgan fingerprint density at radius 3 is 2.08 bits per heavy atom. The largest absolute Gasteiger partial charge is 0.370 e. The van der Waals surface area contributed by atoms with E-state index in [4.69, 9.17) is 34.4 Å². The normalized spacial score (nSPS) is 12.3. The zero-order valence-electron chi connectivity index (χ0n) is 21.0. The van der Waals surface area contributed by atoms with E-state index in [1.807, 2.05) is 10.8 Å². The predicted molar refractivity (Wildman–Crippen MR) is 151 cm³/mol. The van der Waals surface area contributed by atoms with Crippen LogP contribution in [0.1, 0.15) is 16.7 Å². The van der Waals surface area contributed by atoms with E-state index in [0.717, 1.165) is 33.0 Å². The molecule has 0 radical (unpaired) electrons. The van der Waals surface area contributed by atoms with E-state index in [0.29, 0.717) is 38.0 Å². The SMILES string of the molecule is NC(N)=NC(N)=NCCc1cn(Cc2ccc(F)c3[nH]cc(CCN=C(N)N=C(N)N)c23)c2ccc(F)cc12. The van der Waals surface area contributed by atoms with Crippen molar-refractivity contribution in [3.05, 3.63) is 71.1 Å². The number of benzene rings is 2. The number of hydrogen-bond acceptors (Lipinski definition) is 2. The van der Waals surface area contributed by atoms with Crippen LogP contribution in [-0.4, -0.2) is 46.5 Å². The number of nitrogens with zero attached hydrogens (tertiary/aromatic N) is 5. The molecule has 0 aliphatic carbocycles. The van der Waals surface area contributed by atoms with Gasteiger partial charge in [0.25, 0.3) is 0 Å². The van der Waals surface area contributed by atoms with Crippen molar-refractivity contribution in [2.45, 2.75) is 19.4 Å². The van der Waals surface area contributed by atoms with Gasteiger partial charge in [0, 0.05) is 48.3 Å². The number of aromatic nitrogens is 2. The number of halogens is 2. The third-order valence-electron chi connectivity index (χ3n) is 6.02. The Hall–Kier alpha value is -5.14. The average molecular weight is 537 g/mol. The van der Waals surface area contributed by atoms with E-state index in [2.05, 4.69) is 25.0 Å². The van der Waals surface area contributed by atoms with Gasteiger partial charge in [0.1, 0.15) is 11.6 Å². The van der Waals surface area contributed by atoms with Crippen LogP contribution in [0.3, 0.4) is 0 Å². The summed E-state index contributed by atoms with van der Waals surface area (Å²) in [5.74, 6) is -1.18. The molecule has 0 unspecified atom stereocenters. The van der Waals surface area contributed by atoms with Gasteiger partial charge in [-0.05, 0) is 53.8 Å². The molecule has 0 saturated heterocycles. The quantitative estimate of drug-likeness (QED) is 0.127. The number of hydrogen-bond donors (Lipinski definition) is 7. The molecule has 2 heterocycles. The second-order valence-corrected chi connectivity index (χ2v) is 8.77. The van der Waals surface area contributed by atoms with E-state index in [1.165, 1.54) is 18.2 Å². The number of nitrogens with two attached hydrogens (primary N) is 6. The van der Waals surface area contributed by atoms with Crippen molar-refractivity contribution >= 4 is 45.6 Å². The molecule has 0 spiro atoms. The molecule has 4 aromatic rings. The molecule has 0 aliphatic rings. The summed E-state index contributed by atoms with van der Waals surface area (Å²) < 4.78 is 30.8. The summed E-state index contributed by atoms with van der Waals surface area (Å²) in [6.07, 6.45) is 4.61. The van der Waals surface area contributed by atoms with Crippen LogP contribution in [0.25, 0.3) is 21.8 Å². The lowest BCUT2D eigenvalue weighted by molar-refractivity contribution is 0.629. The predicted octanol–water partition coefficient (Wildman–Crippen LogP) is 0.710. The molecule has 0 aliphatic heterocycles. The van der Waals surface area contributed by atoms with Crippen molar-refractivity contribution in [1.29, 1.82) is 0 Å². The summed E-state index contributed by atoms with van der Waals surface area (Å²) in [5.41, 5.74) is 36.5. The minimum absolute atomic E-state index is 0.0378. The van der Waals surface area contributed by atoms with Gasteiger partial charge in [-0.2, -0.15) is 9.98 Å². The van der Waals surface area contributed by atoms with Crippen LogP contribution in [0.5, 0.6) is 0 Å². The second kappa shape index (κ2) is 11.5. The zero-order chi connectivity index (χ0) is 28.1. The Balaban J connectivity index is 1.66. The number of guanidine groups is 4. The first kappa shape index (κ1) is 26.9. The number of aliphatic imine (C=N–C) groups is 4. The van der Waals surface area contributed by atoms with Crippen LogP contribution in [0.15, 0.2) is 62.7 Å². The maximum absolute atomic E-state index is 14.7. The topological polar surface area (TPSA) is 226 Å². The van der Waals surface area contributed by atoms with E-state index in [9.17, 15) is 8.78 Å². The number of H-pyrrole nitrogens is 1. The Labute approximate surface area is 222 Å². The molecule has 0 atom stereocenters. The molecular weight excluding hydrogens is 506 g/mol. The van der Waals surface area contributed by atoms with Gasteiger partial charge in [-0.25, -0.2) is 8.78 Å². The van der Waals surface area contributed by atoms with Crippen LogP contribution in [0, 0.1) is 11.6 Å². The second-order valence-electron chi connectivity index (χ2n) is 8.77. The van der Waals surface area contributed by atoms with E-state index >= 15 is 0 Å². The third-order valence-corrected chi connectivity index (χ3v) is 6.02.